The number of aromatic nitrogens is 3. The molecule has 0 saturated carbocycles. The molecule has 0 amide bonds. The van der Waals surface area contributed by atoms with E-state index in [9.17, 15) is 0 Å². The van der Waals surface area contributed by atoms with Crippen LogP contribution in [-0.4, -0.2) is 27.3 Å². The van der Waals surface area contributed by atoms with E-state index in [0.29, 0.717) is 16.3 Å². The van der Waals surface area contributed by atoms with Crippen molar-refractivity contribution >= 4 is 23.4 Å². The third-order valence-corrected chi connectivity index (χ3v) is 3.46. The van der Waals surface area contributed by atoms with Crippen molar-refractivity contribution in [3.63, 3.8) is 0 Å². The quantitative estimate of drug-likeness (QED) is 0.766. The summed E-state index contributed by atoms with van der Waals surface area (Å²) in [4.78, 5) is 12.0. The van der Waals surface area contributed by atoms with Crippen LogP contribution in [0.25, 0.3) is 0 Å². The fourth-order valence-corrected chi connectivity index (χ4v) is 1.84. The van der Waals surface area contributed by atoms with E-state index < -0.39 is 0 Å². The third-order valence-electron chi connectivity index (χ3n) is 1.98. The van der Waals surface area contributed by atoms with Crippen LogP contribution in [0.2, 0.25) is 5.28 Å². The number of hydrogen-bond donors (Lipinski definition) is 0. The van der Waals surface area contributed by atoms with Crippen molar-refractivity contribution in [2.75, 3.05) is 7.11 Å². The Morgan fingerprint density at radius 3 is 2.40 bits per heavy atom. The van der Waals surface area contributed by atoms with Crippen molar-refractivity contribution in [1.29, 1.82) is 0 Å². The Hall–Kier alpha value is -0.550. The number of methoxy groups -OCH3 is 1. The second kappa shape index (κ2) is 5.51. The van der Waals surface area contributed by atoms with Crippen LogP contribution >= 0.6 is 23.4 Å². The molecule has 1 atom stereocenters. The zero-order valence-electron chi connectivity index (χ0n) is 9.19. The molecule has 0 spiro atoms. The van der Waals surface area contributed by atoms with Gasteiger partial charge in [-0.1, -0.05) is 32.5 Å². The van der Waals surface area contributed by atoms with Gasteiger partial charge in [-0.05, 0) is 17.5 Å². The summed E-state index contributed by atoms with van der Waals surface area (Å²) in [5.41, 5.74) is 0. The highest BCUT2D eigenvalue weighted by molar-refractivity contribution is 7.99. The van der Waals surface area contributed by atoms with E-state index in [0.717, 1.165) is 0 Å². The van der Waals surface area contributed by atoms with E-state index in [1.807, 2.05) is 0 Å². The standard InChI is InChI=1S/C9H14ClN3OS/c1-5(2)6(3)15-9-12-7(10)11-8(13-9)14-4/h5-6H,1-4H3. The fraction of sp³-hybridized carbons (Fsp3) is 0.667. The molecule has 15 heavy (non-hydrogen) atoms. The molecular weight excluding hydrogens is 234 g/mol. The summed E-state index contributed by atoms with van der Waals surface area (Å²) in [5, 5.41) is 1.20. The molecule has 1 rings (SSSR count). The van der Waals surface area contributed by atoms with Gasteiger partial charge in [0, 0.05) is 5.25 Å². The minimum absolute atomic E-state index is 0.167. The minimum Gasteiger partial charge on any atom is -0.467 e. The maximum Gasteiger partial charge on any atom is 0.321 e. The lowest BCUT2D eigenvalue weighted by Gasteiger charge is -2.13. The second-order valence-corrected chi connectivity index (χ2v) is 5.12. The van der Waals surface area contributed by atoms with Crippen LogP contribution in [0.5, 0.6) is 6.01 Å². The van der Waals surface area contributed by atoms with E-state index in [1.54, 1.807) is 11.8 Å². The molecule has 0 aromatic carbocycles. The molecule has 0 aliphatic carbocycles. The number of halogens is 1. The van der Waals surface area contributed by atoms with Crippen molar-refractivity contribution in [1.82, 2.24) is 15.0 Å². The van der Waals surface area contributed by atoms with Gasteiger partial charge in [-0.25, -0.2) is 0 Å². The van der Waals surface area contributed by atoms with Gasteiger partial charge < -0.3 is 4.74 Å². The molecule has 0 saturated heterocycles. The normalized spacial score (nSPS) is 12.9. The van der Waals surface area contributed by atoms with Crippen LogP contribution in [0.1, 0.15) is 20.8 Å². The van der Waals surface area contributed by atoms with Gasteiger partial charge in [-0.3, -0.25) is 0 Å². The fourth-order valence-electron chi connectivity index (χ4n) is 0.761. The van der Waals surface area contributed by atoms with E-state index in [2.05, 4.69) is 35.7 Å². The smallest absolute Gasteiger partial charge is 0.321 e. The lowest BCUT2D eigenvalue weighted by Crippen LogP contribution is -2.07. The lowest BCUT2D eigenvalue weighted by atomic mass is 10.2. The second-order valence-electron chi connectivity index (χ2n) is 3.44. The predicted molar refractivity (Wildman–Crippen MR) is 61.5 cm³/mol. The third kappa shape index (κ3) is 3.83. The first-order chi connectivity index (χ1) is 7.02. The number of hydrogen-bond acceptors (Lipinski definition) is 5. The molecule has 1 aromatic heterocycles. The zero-order valence-corrected chi connectivity index (χ0v) is 10.8. The number of rotatable bonds is 4. The van der Waals surface area contributed by atoms with Crippen LogP contribution < -0.4 is 4.74 Å². The Labute approximate surface area is 98.8 Å². The van der Waals surface area contributed by atoms with Gasteiger partial charge in [0.1, 0.15) is 0 Å². The topological polar surface area (TPSA) is 47.9 Å². The largest absolute Gasteiger partial charge is 0.467 e. The molecule has 4 nitrogen and oxygen atoms in total. The maximum absolute atomic E-state index is 5.74. The van der Waals surface area contributed by atoms with Crippen LogP contribution in [0.3, 0.4) is 0 Å². The van der Waals surface area contributed by atoms with Gasteiger partial charge in [-0.15, -0.1) is 0 Å². The Balaban J connectivity index is 2.80. The van der Waals surface area contributed by atoms with E-state index in [4.69, 9.17) is 16.3 Å². The first-order valence-corrected chi connectivity index (χ1v) is 5.91. The highest BCUT2D eigenvalue weighted by Crippen LogP contribution is 2.26. The van der Waals surface area contributed by atoms with Gasteiger partial charge >= 0.3 is 6.01 Å². The Morgan fingerprint density at radius 1 is 1.20 bits per heavy atom. The number of ether oxygens (including phenoxy) is 1. The molecule has 0 aliphatic heterocycles. The number of thioether (sulfide) groups is 1. The molecule has 1 unspecified atom stereocenters. The highest BCUT2D eigenvalue weighted by atomic mass is 35.5. The monoisotopic (exact) mass is 247 g/mol. The maximum atomic E-state index is 5.74. The summed E-state index contributed by atoms with van der Waals surface area (Å²) in [6.45, 7) is 6.43. The molecule has 0 aliphatic rings. The van der Waals surface area contributed by atoms with Gasteiger partial charge in [-0.2, -0.15) is 15.0 Å². The van der Waals surface area contributed by atoms with Crippen molar-refractivity contribution in [2.24, 2.45) is 5.92 Å². The number of nitrogens with zero attached hydrogens (tertiary/aromatic N) is 3. The van der Waals surface area contributed by atoms with Crippen LogP contribution in [0.4, 0.5) is 0 Å². The summed E-state index contributed by atoms with van der Waals surface area (Å²) in [5.74, 6) is 0.552. The minimum atomic E-state index is 0.167. The lowest BCUT2D eigenvalue weighted by molar-refractivity contribution is 0.372. The molecule has 6 heteroatoms. The Bertz CT molecular complexity index is 335. The Morgan fingerprint density at radius 2 is 1.87 bits per heavy atom. The molecule has 0 radical (unpaired) electrons. The van der Waals surface area contributed by atoms with E-state index >= 15 is 0 Å². The molecule has 1 heterocycles. The first-order valence-electron chi connectivity index (χ1n) is 4.65. The molecule has 0 bridgehead atoms. The molecule has 84 valence electrons. The Kier molecular flexibility index (Phi) is 4.60. The zero-order chi connectivity index (χ0) is 11.4. The first kappa shape index (κ1) is 12.5. The van der Waals surface area contributed by atoms with Crippen molar-refractivity contribution < 1.29 is 4.74 Å². The van der Waals surface area contributed by atoms with Crippen LogP contribution in [0.15, 0.2) is 5.16 Å². The van der Waals surface area contributed by atoms with E-state index in [1.165, 1.54) is 7.11 Å². The molecule has 1 aromatic rings. The summed E-state index contributed by atoms with van der Waals surface area (Å²) < 4.78 is 4.92. The van der Waals surface area contributed by atoms with Crippen molar-refractivity contribution in [3.8, 4) is 6.01 Å². The molecular formula is C9H14ClN3OS. The summed E-state index contributed by atoms with van der Waals surface area (Å²) in [6, 6.07) is 0.258. The average Bonchev–Trinajstić information content (AvgIpc) is 2.16. The van der Waals surface area contributed by atoms with Crippen molar-refractivity contribution in [2.45, 2.75) is 31.2 Å². The van der Waals surface area contributed by atoms with Gasteiger partial charge in [0.15, 0.2) is 5.16 Å². The van der Waals surface area contributed by atoms with Crippen molar-refractivity contribution in [3.05, 3.63) is 5.28 Å². The molecule has 0 N–H and O–H groups in total. The van der Waals surface area contributed by atoms with Gasteiger partial charge in [0.05, 0.1) is 7.11 Å². The summed E-state index contributed by atoms with van der Waals surface area (Å²) in [6.07, 6.45) is 0. The average molecular weight is 248 g/mol. The van der Waals surface area contributed by atoms with Crippen LogP contribution in [-0.2, 0) is 0 Å². The predicted octanol–water partition coefficient (Wildman–Crippen LogP) is 2.67. The van der Waals surface area contributed by atoms with Crippen LogP contribution in [0, 0.1) is 5.92 Å². The summed E-state index contributed by atoms with van der Waals surface area (Å²) >= 11 is 7.30. The highest BCUT2D eigenvalue weighted by Gasteiger charge is 2.13. The van der Waals surface area contributed by atoms with Gasteiger partial charge in [0.25, 0.3) is 0 Å². The van der Waals surface area contributed by atoms with E-state index in [-0.39, 0.29) is 11.3 Å². The molecule has 0 fully saturated rings. The van der Waals surface area contributed by atoms with Gasteiger partial charge in [0.2, 0.25) is 5.28 Å². The summed E-state index contributed by atoms with van der Waals surface area (Å²) in [7, 11) is 1.51. The SMILES string of the molecule is COc1nc(Cl)nc(SC(C)C(C)C)n1.